The Kier molecular flexibility index (Phi) is 2.53. The Morgan fingerprint density at radius 2 is 2.07 bits per heavy atom. The van der Waals surface area contributed by atoms with Crippen LogP contribution in [0, 0.1) is 5.95 Å². The van der Waals surface area contributed by atoms with Gasteiger partial charge in [-0.3, -0.25) is 0 Å². The van der Waals surface area contributed by atoms with Crippen LogP contribution in [0.25, 0.3) is 11.3 Å². The molecule has 76 valence electrons. The van der Waals surface area contributed by atoms with E-state index in [0.717, 1.165) is 0 Å². The maximum absolute atomic E-state index is 13.2. The van der Waals surface area contributed by atoms with Gasteiger partial charge in [0.2, 0.25) is 11.8 Å². The molecule has 2 aromatic rings. The van der Waals surface area contributed by atoms with Crippen molar-refractivity contribution in [1.82, 2.24) is 15.2 Å². The summed E-state index contributed by atoms with van der Waals surface area (Å²) < 4.78 is 18.1. The molecule has 0 saturated carbocycles. The molecule has 0 N–H and O–H groups in total. The third-order valence-corrected chi connectivity index (χ3v) is 1.88. The van der Waals surface area contributed by atoms with Crippen LogP contribution in [0.2, 0.25) is 0 Å². The smallest absolute Gasteiger partial charge is 0.233 e. The van der Waals surface area contributed by atoms with Gasteiger partial charge in [-0.05, 0) is 18.2 Å². The van der Waals surface area contributed by atoms with Crippen LogP contribution in [-0.2, 0) is 0 Å². The van der Waals surface area contributed by atoms with Gasteiger partial charge in [0.1, 0.15) is 0 Å². The highest BCUT2D eigenvalue weighted by atomic mass is 19.1. The molecule has 0 amide bonds. The predicted molar refractivity (Wildman–Crippen MR) is 51.8 cm³/mol. The molecule has 2 aromatic heterocycles. The largest absolute Gasteiger partial charge is 0.480 e. The van der Waals surface area contributed by atoms with Crippen molar-refractivity contribution in [2.45, 2.75) is 0 Å². The van der Waals surface area contributed by atoms with Gasteiger partial charge >= 0.3 is 0 Å². The second kappa shape index (κ2) is 4.00. The van der Waals surface area contributed by atoms with Crippen molar-refractivity contribution >= 4 is 0 Å². The van der Waals surface area contributed by atoms with E-state index in [4.69, 9.17) is 4.74 Å². The van der Waals surface area contributed by atoms with Crippen LogP contribution in [0.15, 0.2) is 30.5 Å². The standard InChI is InChI=1S/C10H8FN3O/c1-15-9-5-4-8(13-14-9)7-3-2-6-12-10(7)11/h2-6H,1H3. The molecule has 2 rings (SSSR count). The van der Waals surface area contributed by atoms with Crippen LogP contribution in [-0.4, -0.2) is 22.3 Å². The topological polar surface area (TPSA) is 47.9 Å². The van der Waals surface area contributed by atoms with Crippen molar-refractivity contribution in [2.75, 3.05) is 7.11 Å². The van der Waals surface area contributed by atoms with Crippen molar-refractivity contribution in [3.63, 3.8) is 0 Å². The van der Waals surface area contributed by atoms with E-state index in [1.54, 1.807) is 24.3 Å². The zero-order chi connectivity index (χ0) is 10.7. The van der Waals surface area contributed by atoms with Crippen LogP contribution in [0.5, 0.6) is 5.88 Å². The normalized spacial score (nSPS) is 10.0. The molecule has 0 saturated heterocycles. The monoisotopic (exact) mass is 205 g/mol. The molecule has 0 aliphatic carbocycles. The summed E-state index contributed by atoms with van der Waals surface area (Å²) in [5.41, 5.74) is 0.758. The molecule has 0 radical (unpaired) electrons. The highest BCUT2D eigenvalue weighted by Gasteiger charge is 2.07. The summed E-state index contributed by atoms with van der Waals surface area (Å²) in [6.45, 7) is 0. The quantitative estimate of drug-likeness (QED) is 0.700. The van der Waals surface area contributed by atoms with E-state index in [2.05, 4.69) is 15.2 Å². The number of aromatic nitrogens is 3. The van der Waals surface area contributed by atoms with E-state index >= 15 is 0 Å². The number of hydrogen-bond acceptors (Lipinski definition) is 4. The summed E-state index contributed by atoms with van der Waals surface area (Å²) in [7, 11) is 1.49. The van der Waals surface area contributed by atoms with E-state index in [1.165, 1.54) is 13.3 Å². The molecular weight excluding hydrogens is 197 g/mol. The SMILES string of the molecule is COc1ccc(-c2cccnc2F)nn1. The zero-order valence-corrected chi connectivity index (χ0v) is 8.01. The first-order valence-corrected chi connectivity index (χ1v) is 4.30. The minimum Gasteiger partial charge on any atom is -0.480 e. The number of halogens is 1. The van der Waals surface area contributed by atoms with E-state index in [0.29, 0.717) is 17.1 Å². The molecule has 0 aliphatic heterocycles. The van der Waals surface area contributed by atoms with Gasteiger partial charge in [-0.2, -0.15) is 4.39 Å². The molecule has 0 atom stereocenters. The lowest BCUT2D eigenvalue weighted by molar-refractivity contribution is 0.392. The molecule has 5 heteroatoms. The summed E-state index contributed by atoms with van der Waals surface area (Å²) in [6, 6.07) is 6.49. The molecule has 0 fully saturated rings. The van der Waals surface area contributed by atoms with Crippen molar-refractivity contribution in [3.05, 3.63) is 36.4 Å². The Hall–Kier alpha value is -2.04. The Bertz CT molecular complexity index is 458. The van der Waals surface area contributed by atoms with Crippen LogP contribution in [0.1, 0.15) is 0 Å². The Morgan fingerprint density at radius 1 is 1.20 bits per heavy atom. The lowest BCUT2D eigenvalue weighted by Crippen LogP contribution is -1.94. The average Bonchev–Trinajstić information content (AvgIpc) is 2.30. The fourth-order valence-electron chi connectivity index (χ4n) is 1.15. The first-order chi connectivity index (χ1) is 7.31. The summed E-state index contributed by atoms with van der Waals surface area (Å²) in [5, 5.41) is 7.57. The molecule has 2 heterocycles. The van der Waals surface area contributed by atoms with Crippen molar-refractivity contribution < 1.29 is 9.13 Å². The van der Waals surface area contributed by atoms with E-state index in [-0.39, 0.29) is 0 Å². The highest BCUT2D eigenvalue weighted by Crippen LogP contribution is 2.18. The summed E-state index contributed by atoms with van der Waals surface area (Å²) in [5.74, 6) is -0.167. The molecule has 0 aromatic carbocycles. The Morgan fingerprint density at radius 3 is 2.67 bits per heavy atom. The summed E-state index contributed by atoms with van der Waals surface area (Å²) in [6.07, 6.45) is 1.38. The molecule has 0 bridgehead atoms. The molecule has 4 nitrogen and oxygen atoms in total. The first-order valence-electron chi connectivity index (χ1n) is 4.30. The van der Waals surface area contributed by atoms with E-state index in [1.807, 2.05) is 0 Å². The van der Waals surface area contributed by atoms with Gasteiger partial charge in [-0.25, -0.2) is 4.98 Å². The average molecular weight is 205 g/mol. The predicted octanol–water partition coefficient (Wildman–Crippen LogP) is 1.69. The van der Waals surface area contributed by atoms with Crippen LogP contribution in [0.4, 0.5) is 4.39 Å². The van der Waals surface area contributed by atoms with Crippen molar-refractivity contribution in [1.29, 1.82) is 0 Å². The molecule has 0 spiro atoms. The third kappa shape index (κ3) is 1.90. The summed E-state index contributed by atoms with van der Waals surface area (Å²) in [4.78, 5) is 3.53. The van der Waals surface area contributed by atoms with Gasteiger partial charge in [0, 0.05) is 12.3 Å². The van der Waals surface area contributed by atoms with Gasteiger partial charge in [-0.15, -0.1) is 10.2 Å². The second-order valence-corrected chi connectivity index (χ2v) is 2.80. The minimum absolute atomic E-state index is 0.327. The number of nitrogens with zero attached hydrogens (tertiary/aromatic N) is 3. The second-order valence-electron chi connectivity index (χ2n) is 2.80. The molecular formula is C10H8FN3O. The Labute approximate surface area is 85.8 Å². The lowest BCUT2D eigenvalue weighted by Gasteiger charge is -2.01. The van der Waals surface area contributed by atoms with Gasteiger partial charge in [0.25, 0.3) is 0 Å². The first kappa shape index (κ1) is 9.51. The van der Waals surface area contributed by atoms with Crippen molar-refractivity contribution in [2.24, 2.45) is 0 Å². The maximum atomic E-state index is 13.2. The van der Waals surface area contributed by atoms with Gasteiger partial charge in [-0.1, -0.05) is 0 Å². The minimum atomic E-state index is -0.558. The number of ether oxygens (including phenoxy) is 1. The number of pyridine rings is 1. The van der Waals surface area contributed by atoms with Gasteiger partial charge in [0.15, 0.2) is 0 Å². The fraction of sp³-hybridized carbons (Fsp3) is 0.100. The number of methoxy groups -OCH3 is 1. The van der Waals surface area contributed by atoms with E-state index in [9.17, 15) is 4.39 Å². The Balaban J connectivity index is 2.42. The van der Waals surface area contributed by atoms with Crippen LogP contribution < -0.4 is 4.74 Å². The third-order valence-electron chi connectivity index (χ3n) is 1.88. The number of rotatable bonds is 2. The summed E-state index contributed by atoms with van der Waals surface area (Å²) >= 11 is 0. The van der Waals surface area contributed by atoms with Crippen LogP contribution in [0.3, 0.4) is 0 Å². The van der Waals surface area contributed by atoms with Gasteiger partial charge < -0.3 is 4.74 Å². The highest BCUT2D eigenvalue weighted by molar-refractivity contribution is 5.57. The maximum Gasteiger partial charge on any atom is 0.233 e. The van der Waals surface area contributed by atoms with Crippen molar-refractivity contribution in [3.8, 4) is 17.1 Å². The number of hydrogen-bond donors (Lipinski definition) is 0. The fourth-order valence-corrected chi connectivity index (χ4v) is 1.15. The zero-order valence-electron chi connectivity index (χ0n) is 8.01. The molecule has 15 heavy (non-hydrogen) atoms. The lowest BCUT2D eigenvalue weighted by atomic mass is 10.2. The molecule has 0 aliphatic rings. The van der Waals surface area contributed by atoms with Gasteiger partial charge in [0.05, 0.1) is 18.4 Å². The molecule has 0 unspecified atom stereocenters. The van der Waals surface area contributed by atoms with E-state index < -0.39 is 5.95 Å². The van der Waals surface area contributed by atoms with Crippen LogP contribution >= 0.6 is 0 Å².